The van der Waals surface area contributed by atoms with Crippen LogP contribution in [0, 0.1) is 5.92 Å². The number of morpholine rings is 1. The molecule has 3 saturated heterocycles. The molecule has 0 aromatic heterocycles. The number of carbonyl (C=O) groups is 3. The molecule has 3 aliphatic rings. The Labute approximate surface area is 211 Å². The molecule has 4 atom stereocenters. The van der Waals surface area contributed by atoms with Crippen molar-refractivity contribution in [3.63, 3.8) is 0 Å². The van der Waals surface area contributed by atoms with Crippen LogP contribution >= 0.6 is 0 Å². The monoisotopic (exact) mass is 492 g/mol. The minimum Gasteiger partial charge on any atom is -0.466 e. The molecule has 0 unspecified atom stereocenters. The standard InChI is InChI=1S/C28H32N2O6/c1-2-34-27(33)21-13-15-29(16-14-21)25(31)23-24-26(32)30(18-20-11-7-4-8-12-20)22(28(35-23)36-24)17-19-9-5-3-6-10-19/h3-12,21-24,28H,2,13-18H2,1H3/t22-,23+,24-,28-/m0/s1. The smallest absolute Gasteiger partial charge is 0.309 e. The average Bonchev–Trinajstić information content (AvgIpc) is 3.32. The highest BCUT2D eigenvalue weighted by atomic mass is 16.7. The van der Waals surface area contributed by atoms with E-state index in [2.05, 4.69) is 0 Å². The SMILES string of the molecule is CCOC(=O)C1CCN(C(=O)[C@@H]2O[C@H]3O[C@@H]2C(=O)N(Cc2ccccc2)[C@H]3Cc2ccccc2)CC1. The lowest BCUT2D eigenvalue weighted by Crippen LogP contribution is -2.57. The van der Waals surface area contributed by atoms with E-state index >= 15 is 0 Å². The second kappa shape index (κ2) is 10.8. The lowest BCUT2D eigenvalue weighted by molar-refractivity contribution is -0.177. The molecule has 190 valence electrons. The Hall–Kier alpha value is -3.23. The van der Waals surface area contributed by atoms with E-state index in [0.29, 0.717) is 45.5 Å². The third-order valence-corrected chi connectivity index (χ3v) is 7.23. The molecule has 0 aliphatic carbocycles. The van der Waals surface area contributed by atoms with Gasteiger partial charge in [-0.05, 0) is 37.3 Å². The van der Waals surface area contributed by atoms with Crippen LogP contribution in [0.2, 0.25) is 0 Å². The molecule has 2 bridgehead atoms. The van der Waals surface area contributed by atoms with Crippen LogP contribution in [0.3, 0.4) is 0 Å². The molecule has 36 heavy (non-hydrogen) atoms. The summed E-state index contributed by atoms with van der Waals surface area (Å²) in [5.74, 6) is -0.893. The number of ether oxygens (including phenoxy) is 3. The van der Waals surface area contributed by atoms with Crippen molar-refractivity contribution in [3.8, 4) is 0 Å². The van der Waals surface area contributed by atoms with Crippen molar-refractivity contribution in [2.75, 3.05) is 19.7 Å². The van der Waals surface area contributed by atoms with Gasteiger partial charge in [-0.25, -0.2) is 0 Å². The Bertz CT molecular complexity index is 1070. The van der Waals surface area contributed by atoms with Crippen LogP contribution in [-0.4, -0.2) is 71.8 Å². The predicted molar refractivity (Wildman–Crippen MR) is 130 cm³/mol. The third-order valence-electron chi connectivity index (χ3n) is 7.23. The molecule has 3 aliphatic heterocycles. The summed E-state index contributed by atoms with van der Waals surface area (Å²) in [6.07, 6.45) is -1.01. The highest BCUT2D eigenvalue weighted by Crippen LogP contribution is 2.35. The van der Waals surface area contributed by atoms with E-state index in [1.165, 1.54) is 0 Å². The van der Waals surface area contributed by atoms with E-state index in [1.807, 2.05) is 60.7 Å². The van der Waals surface area contributed by atoms with Crippen molar-refractivity contribution in [1.29, 1.82) is 0 Å². The van der Waals surface area contributed by atoms with Gasteiger partial charge in [-0.2, -0.15) is 0 Å². The number of rotatable bonds is 7. The van der Waals surface area contributed by atoms with Crippen LogP contribution in [-0.2, 0) is 41.6 Å². The highest BCUT2D eigenvalue weighted by molar-refractivity contribution is 5.92. The van der Waals surface area contributed by atoms with Gasteiger partial charge in [-0.1, -0.05) is 60.7 Å². The zero-order valence-corrected chi connectivity index (χ0v) is 20.5. The molecule has 3 fully saturated rings. The zero-order valence-electron chi connectivity index (χ0n) is 20.5. The van der Waals surface area contributed by atoms with Crippen LogP contribution in [0.4, 0.5) is 0 Å². The minimum atomic E-state index is -0.985. The Morgan fingerprint density at radius 3 is 2.22 bits per heavy atom. The lowest BCUT2D eigenvalue weighted by atomic mass is 9.96. The fourth-order valence-electron chi connectivity index (χ4n) is 5.31. The highest BCUT2D eigenvalue weighted by Gasteiger charge is 2.56. The molecular formula is C28H32N2O6. The maximum absolute atomic E-state index is 13.7. The minimum absolute atomic E-state index is 0.202. The van der Waals surface area contributed by atoms with E-state index in [4.69, 9.17) is 14.2 Å². The number of hydrogen-bond donors (Lipinski definition) is 0. The van der Waals surface area contributed by atoms with Gasteiger partial charge < -0.3 is 24.0 Å². The second-order valence-corrected chi connectivity index (χ2v) is 9.54. The average molecular weight is 493 g/mol. The van der Waals surface area contributed by atoms with Gasteiger partial charge in [0.15, 0.2) is 18.5 Å². The Morgan fingerprint density at radius 2 is 1.58 bits per heavy atom. The molecular weight excluding hydrogens is 460 g/mol. The maximum atomic E-state index is 13.7. The quantitative estimate of drug-likeness (QED) is 0.553. The summed E-state index contributed by atoms with van der Waals surface area (Å²) in [6.45, 7) is 3.40. The molecule has 8 heteroatoms. The number of hydrogen-bond acceptors (Lipinski definition) is 6. The number of benzene rings is 2. The van der Waals surface area contributed by atoms with Gasteiger partial charge in [0, 0.05) is 19.6 Å². The summed E-state index contributed by atoms with van der Waals surface area (Å²) in [5, 5.41) is 0. The fourth-order valence-corrected chi connectivity index (χ4v) is 5.31. The summed E-state index contributed by atoms with van der Waals surface area (Å²) in [7, 11) is 0. The van der Waals surface area contributed by atoms with Crippen LogP contribution in [0.5, 0.6) is 0 Å². The number of carbonyl (C=O) groups excluding carboxylic acids is 3. The molecule has 0 radical (unpaired) electrons. The molecule has 0 N–H and O–H groups in total. The molecule has 8 nitrogen and oxygen atoms in total. The lowest BCUT2D eigenvalue weighted by Gasteiger charge is -2.39. The molecule has 5 rings (SSSR count). The molecule has 2 amide bonds. The summed E-state index contributed by atoms with van der Waals surface area (Å²) in [4.78, 5) is 42.7. The van der Waals surface area contributed by atoms with Crippen LogP contribution in [0.15, 0.2) is 60.7 Å². The summed E-state index contributed by atoms with van der Waals surface area (Å²) < 4.78 is 17.3. The van der Waals surface area contributed by atoms with Crippen molar-refractivity contribution >= 4 is 17.8 Å². The van der Waals surface area contributed by atoms with Crippen molar-refractivity contribution < 1.29 is 28.6 Å². The van der Waals surface area contributed by atoms with Crippen molar-refractivity contribution in [3.05, 3.63) is 71.8 Å². The van der Waals surface area contributed by atoms with Crippen LogP contribution in [0.25, 0.3) is 0 Å². The summed E-state index contributed by atoms with van der Waals surface area (Å²) in [5.41, 5.74) is 2.07. The van der Waals surface area contributed by atoms with E-state index in [9.17, 15) is 14.4 Å². The van der Waals surface area contributed by atoms with Gasteiger partial charge in [0.05, 0.1) is 18.6 Å². The number of amides is 2. The Balaban J connectivity index is 1.32. The van der Waals surface area contributed by atoms with Gasteiger partial charge in [0.2, 0.25) is 0 Å². The number of likely N-dealkylation sites (tertiary alicyclic amines) is 1. The van der Waals surface area contributed by atoms with Gasteiger partial charge in [0.1, 0.15) is 0 Å². The molecule has 0 spiro atoms. The first-order chi connectivity index (χ1) is 17.5. The molecule has 2 aromatic rings. The Kier molecular flexibility index (Phi) is 7.34. The number of esters is 1. The van der Waals surface area contributed by atoms with E-state index in [1.54, 1.807) is 16.7 Å². The van der Waals surface area contributed by atoms with Crippen molar-refractivity contribution in [2.45, 2.75) is 57.3 Å². The van der Waals surface area contributed by atoms with E-state index in [-0.39, 0.29) is 29.7 Å². The van der Waals surface area contributed by atoms with Crippen molar-refractivity contribution in [1.82, 2.24) is 9.80 Å². The third kappa shape index (κ3) is 5.01. The van der Waals surface area contributed by atoms with Gasteiger partial charge >= 0.3 is 5.97 Å². The molecule has 0 saturated carbocycles. The van der Waals surface area contributed by atoms with Gasteiger partial charge in [0.25, 0.3) is 11.8 Å². The molecule has 2 aromatic carbocycles. The van der Waals surface area contributed by atoms with Crippen molar-refractivity contribution in [2.24, 2.45) is 5.92 Å². The van der Waals surface area contributed by atoms with Gasteiger partial charge in [-0.15, -0.1) is 0 Å². The van der Waals surface area contributed by atoms with E-state index < -0.39 is 18.5 Å². The number of nitrogens with zero attached hydrogens (tertiary/aromatic N) is 2. The molecule has 3 heterocycles. The van der Waals surface area contributed by atoms with Crippen LogP contribution < -0.4 is 0 Å². The van der Waals surface area contributed by atoms with E-state index in [0.717, 1.165) is 11.1 Å². The number of piperidine rings is 1. The zero-order chi connectivity index (χ0) is 25.1. The first-order valence-corrected chi connectivity index (χ1v) is 12.7. The fraction of sp³-hybridized carbons (Fsp3) is 0.464. The predicted octanol–water partition coefficient (Wildman–Crippen LogP) is 2.55. The normalized spacial score (nSPS) is 26.2. The number of fused-ring (bicyclic) bond motifs is 2. The van der Waals surface area contributed by atoms with Gasteiger partial charge in [-0.3, -0.25) is 14.4 Å². The summed E-state index contributed by atoms with van der Waals surface area (Å²) in [6, 6.07) is 19.4. The topological polar surface area (TPSA) is 85.4 Å². The maximum Gasteiger partial charge on any atom is 0.309 e. The first-order valence-electron chi connectivity index (χ1n) is 12.7. The Morgan fingerprint density at radius 1 is 0.944 bits per heavy atom. The largest absolute Gasteiger partial charge is 0.466 e. The first kappa shape index (κ1) is 24.5. The second-order valence-electron chi connectivity index (χ2n) is 9.54. The van der Waals surface area contributed by atoms with Crippen LogP contribution in [0.1, 0.15) is 30.9 Å². The summed E-state index contributed by atoms with van der Waals surface area (Å²) >= 11 is 0.